The van der Waals surface area contributed by atoms with Crippen LogP contribution in [0.15, 0.2) is 0 Å². The lowest BCUT2D eigenvalue weighted by molar-refractivity contribution is -0.167. The molecule has 4 nitrogen and oxygen atoms in total. The highest BCUT2D eigenvalue weighted by Gasteiger charge is 2.11. The van der Waals surface area contributed by atoms with E-state index in [9.17, 15) is 0 Å². The van der Waals surface area contributed by atoms with E-state index in [1.165, 1.54) is 0 Å². The molecule has 0 amide bonds. The van der Waals surface area contributed by atoms with Crippen LogP contribution in [0.25, 0.3) is 0 Å². The lowest BCUT2D eigenvalue weighted by atomic mass is 10.4. The quantitative estimate of drug-likeness (QED) is 0.573. The van der Waals surface area contributed by atoms with E-state index in [0.29, 0.717) is 13.0 Å². The van der Waals surface area contributed by atoms with Gasteiger partial charge in [0.2, 0.25) is 0 Å². The molecular weight excluding hydrogens is 160 g/mol. The fourth-order valence-corrected chi connectivity index (χ4v) is 0.880. The van der Waals surface area contributed by atoms with Crippen molar-refractivity contribution < 1.29 is 19.3 Å². The van der Waals surface area contributed by atoms with E-state index >= 15 is 0 Å². The number of rotatable bonds is 7. The van der Waals surface area contributed by atoms with Crippen molar-refractivity contribution in [3.05, 3.63) is 0 Å². The molecule has 12 heavy (non-hydrogen) atoms. The number of aliphatic hydroxyl groups excluding tert-OH is 1. The highest BCUT2D eigenvalue weighted by atomic mass is 16.7. The fraction of sp³-hybridized carbons (Fsp3) is 1.00. The van der Waals surface area contributed by atoms with E-state index in [4.69, 9.17) is 19.3 Å². The molecule has 74 valence electrons. The van der Waals surface area contributed by atoms with E-state index in [0.717, 1.165) is 0 Å². The maximum absolute atomic E-state index is 8.62. The Morgan fingerprint density at radius 2 is 2.00 bits per heavy atom. The van der Waals surface area contributed by atoms with Gasteiger partial charge in [0.15, 0.2) is 6.29 Å². The Labute approximate surface area is 73.4 Å². The topological polar surface area (TPSA) is 47.9 Å². The van der Waals surface area contributed by atoms with Gasteiger partial charge in [-0.05, 0) is 6.92 Å². The first-order valence-electron chi connectivity index (χ1n) is 4.02. The minimum atomic E-state index is -0.333. The maximum Gasteiger partial charge on any atom is 0.159 e. The van der Waals surface area contributed by atoms with Crippen LogP contribution in [-0.4, -0.2) is 44.9 Å². The van der Waals surface area contributed by atoms with E-state index in [-0.39, 0.29) is 19.0 Å². The lowest BCUT2D eigenvalue weighted by Crippen LogP contribution is -2.25. The molecule has 0 aromatic carbocycles. The molecule has 0 aromatic heterocycles. The van der Waals surface area contributed by atoms with Gasteiger partial charge >= 0.3 is 0 Å². The number of methoxy groups -OCH3 is 2. The molecule has 2 unspecified atom stereocenters. The first kappa shape index (κ1) is 11.8. The van der Waals surface area contributed by atoms with Crippen molar-refractivity contribution in [2.75, 3.05) is 27.4 Å². The van der Waals surface area contributed by atoms with Crippen LogP contribution >= 0.6 is 0 Å². The van der Waals surface area contributed by atoms with Crippen molar-refractivity contribution in [1.82, 2.24) is 0 Å². The Morgan fingerprint density at radius 3 is 2.42 bits per heavy atom. The summed E-state index contributed by atoms with van der Waals surface area (Å²) in [4.78, 5) is 0. The van der Waals surface area contributed by atoms with Crippen LogP contribution < -0.4 is 0 Å². The van der Waals surface area contributed by atoms with Gasteiger partial charge in [-0.3, -0.25) is 0 Å². The first-order chi connectivity index (χ1) is 5.74. The van der Waals surface area contributed by atoms with Crippen molar-refractivity contribution in [1.29, 1.82) is 0 Å². The molecule has 2 atom stereocenters. The van der Waals surface area contributed by atoms with Crippen LogP contribution in [0.2, 0.25) is 0 Å². The third-order valence-electron chi connectivity index (χ3n) is 1.41. The molecular formula is C8H18O4. The van der Waals surface area contributed by atoms with Gasteiger partial charge in [-0.1, -0.05) is 0 Å². The minimum absolute atomic E-state index is 0.00787. The minimum Gasteiger partial charge on any atom is -0.396 e. The number of hydrogen-bond donors (Lipinski definition) is 1. The van der Waals surface area contributed by atoms with Crippen molar-refractivity contribution in [3.63, 3.8) is 0 Å². The largest absolute Gasteiger partial charge is 0.396 e. The average molecular weight is 178 g/mol. The Hall–Kier alpha value is -0.160. The van der Waals surface area contributed by atoms with Gasteiger partial charge < -0.3 is 19.3 Å². The van der Waals surface area contributed by atoms with Crippen molar-refractivity contribution in [2.45, 2.75) is 25.7 Å². The SMILES string of the molecule is COCC(C)OC(CCO)OC. The Bertz CT molecular complexity index is 97.1. The highest BCUT2D eigenvalue weighted by Crippen LogP contribution is 2.03. The van der Waals surface area contributed by atoms with Gasteiger partial charge in [0.05, 0.1) is 12.7 Å². The van der Waals surface area contributed by atoms with E-state index < -0.39 is 0 Å². The number of aliphatic hydroxyl groups is 1. The third-order valence-corrected chi connectivity index (χ3v) is 1.41. The molecule has 0 rings (SSSR count). The highest BCUT2D eigenvalue weighted by molar-refractivity contribution is 4.50. The van der Waals surface area contributed by atoms with Crippen LogP contribution in [0.1, 0.15) is 13.3 Å². The molecule has 0 aliphatic rings. The van der Waals surface area contributed by atoms with Gasteiger partial charge in [0.1, 0.15) is 0 Å². The second kappa shape index (κ2) is 7.49. The van der Waals surface area contributed by atoms with Gasteiger partial charge in [0.25, 0.3) is 0 Å². The Balaban J connectivity index is 3.53. The maximum atomic E-state index is 8.62. The normalized spacial score (nSPS) is 16.0. The summed E-state index contributed by atoms with van der Waals surface area (Å²) in [7, 11) is 3.17. The van der Waals surface area contributed by atoms with Gasteiger partial charge in [-0.2, -0.15) is 0 Å². The number of ether oxygens (including phenoxy) is 3. The molecule has 0 fully saturated rings. The molecule has 4 heteroatoms. The fourth-order valence-electron chi connectivity index (χ4n) is 0.880. The smallest absolute Gasteiger partial charge is 0.159 e. The van der Waals surface area contributed by atoms with Crippen molar-refractivity contribution in [2.24, 2.45) is 0 Å². The van der Waals surface area contributed by atoms with Crippen LogP contribution in [-0.2, 0) is 14.2 Å². The summed E-state index contributed by atoms with van der Waals surface area (Å²) < 4.78 is 15.2. The van der Waals surface area contributed by atoms with Crippen molar-refractivity contribution >= 4 is 0 Å². The zero-order chi connectivity index (χ0) is 9.40. The summed E-state index contributed by atoms with van der Waals surface area (Å²) >= 11 is 0. The molecule has 0 radical (unpaired) electrons. The van der Waals surface area contributed by atoms with Crippen LogP contribution in [0, 0.1) is 0 Å². The molecule has 0 heterocycles. The second-order valence-corrected chi connectivity index (χ2v) is 2.58. The molecule has 0 saturated carbocycles. The van der Waals surface area contributed by atoms with Crippen LogP contribution in [0.3, 0.4) is 0 Å². The van der Waals surface area contributed by atoms with Gasteiger partial charge in [-0.25, -0.2) is 0 Å². The zero-order valence-electron chi connectivity index (χ0n) is 7.95. The van der Waals surface area contributed by atoms with Crippen LogP contribution in [0.5, 0.6) is 0 Å². The molecule has 1 N–H and O–H groups in total. The molecule has 0 saturated heterocycles. The molecule has 0 aromatic rings. The summed E-state index contributed by atoms with van der Waals surface area (Å²) in [5, 5.41) is 8.62. The molecule has 0 bridgehead atoms. The predicted molar refractivity (Wildman–Crippen MR) is 44.9 cm³/mol. The molecule has 0 spiro atoms. The second-order valence-electron chi connectivity index (χ2n) is 2.58. The summed E-state index contributed by atoms with van der Waals surface area (Å²) in [5.74, 6) is 0. The Morgan fingerprint density at radius 1 is 1.33 bits per heavy atom. The van der Waals surface area contributed by atoms with E-state index in [2.05, 4.69) is 0 Å². The van der Waals surface area contributed by atoms with Gasteiger partial charge in [-0.15, -0.1) is 0 Å². The predicted octanol–water partition coefficient (Wildman–Crippen LogP) is 0.393. The number of hydrogen-bond acceptors (Lipinski definition) is 4. The summed E-state index contributed by atoms with van der Waals surface area (Å²) in [6, 6.07) is 0. The zero-order valence-corrected chi connectivity index (χ0v) is 7.95. The average Bonchev–Trinajstić information content (AvgIpc) is 2.04. The van der Waals surface area contributed by atoms with E-state index in [1.807, 2.05) is 6.92 Å². The lowest BCUT2D eigenvalue weighted by Gasteiger charge is -2.19. The molecule has 0 aliphatic carbocycles. The Kier molecular flexibility index (Phi) is 7.39. The third kappa shape index (κ3) is 5.49. The van der Waals surface area contributed by atoms with E-state index in [1.54, 1.807) is 14.2 Å². The van der Waals surface area contributed by atoms with Crippen molar-refractivity contribution in [3.8, 4) is 0 Å². The first-order valence-corrected chi connectivity index (χ1v) is 4.02. The summed E-state index contributed by atoms with van der Waals surface area (Å²) in [6.07, 6.45) is 0.150. The van der Waals surface area contributed by atoms with Crippen LogP contribution in [0.4, 0.5) is 0 Å². The summed E-state index contributed by atoms with van der Waals surface area (Å²) in [6.45, 7) is 2.50. The standard InChI is InChI=1S/C8H18O4/c1-7(6-10-2)12-8(11-3)4-5-9/h7-9H,4-6H2,1-3H3. The summed E-state index contributed by atoms with van der Waals surface area (Å²) in [5.41, 5.74) is 0. The monoisotopic (exact) mass is 178 g/mol. The van der Waals surface area contributed by atoms with Gasteiger partial charge in [0, 0.05) is 27.2 Å². The molecule has 0 aliphatic heterocycles.